The average molecular weight is 408 g/mol. The molecule has 0 aromatic carbocycles. The lowest BCUT2D eigenvalue weighted by atomic mass is 9.79. The Hall–Kier alpha value is -1.34. The first-order valence-corrected chi connectivity index (χ1v) is 11.6. The summed E-state index contributed by atoms with van der Waals surface area (Å²) in [7, 11) is 3.56. The number of rotatable bonds is 7. The van der Waals surface area contributed by atoms with E-state index in [1.165, 1.54) is 64.5 Å². The van der Waals surface area contributed by atoms with Gasteiger partial charge in [-0.1, -0.05) is 25.7 Å². The lowest BCUT2D eigenvalue weighted by Crippen LogP contribution is -2.59. The first-order valence-electron chi connectivity index (χ1n) is 11.6. The number of hydrogen-bond donors (Lipinski definition) is 2. The Labute approximate surface area is 176 Å². The molecule has 0 bridgehead atoms. The molecule has 0 aromatic heterocycles. The van der Waals surface area contributed by atoms with Gasteiger partial charge in [-0.25, -0.2) is 4.99 Å². The molecule has 1 unspecified atom stereocenters. The molecule has 2 N–H and O–H groups in total. The highest BCUT2D eigenvalue weighted by atomic mass is 16.5. The maximum absolute atomic E-state index is 12.1. The third-order valence-corrected chi connectivity index (χ3v) is 6.85. The number of likely N-dealkylation sites (N-methyl/N-ethyl adjacent to an activating group) is 1. The van der Waals surface area contributed by atoms with Gasteiger partial charge in [0.25, 0.3) is 0 Å². The lowest BCUT2D eigenvalue weighted by Gasteiger charge is -2.48. The van der Waals surface area contributed by atoms with Crippen LogP contribution in [0.1, 0.15) is 57.8 Å². The number of aliphatic imine (C=N–C) groups is 1. The minimum absolute atomic E-state index is 0.0266. The summed E-state index contributed by atoms with van der Waals surface area (Å²) in [4.78, 5) is 21.0. The third-order valence-electron chi connectivity index (χ3n) is 6.85. The smallest absolute Gasteiger partial charge is 0.243 e. The first kappa shape index (κ1) is 22.3. The molecule has 0 spiro atoms. The molecule has 1 atom stereocenters. The maximum atomic E-state index is 12.1. The van der Waals surface area contributed by atoms with Crippen LogP contribution in [-0.4, -0.2) is 87.2 Å². The molecule has 2 saturated heterocycles. The number of guanidine groups is 1. The molecule has 3 aliphatic rings. The average Bonchev–Trinajstić information content (AvgIpc) is 3.28. The predicted molar refractivity (Wildman–Crippen MR) is 117 cm³/mol. The Morgan fingerprint density at radius 2 is 1.83 bits per heavy atom. The van der Waals surface area contributed by atoms with Gasteiger partial charge in [-0.15, -0.1) is 0 Å². The van der Waals surface area contributed by atoms with Crippen LogP contribution in [0.2, 0.25) is 0 Å². The summed E-state index contributed by atoms with van der Waals surface area (Å²) in [6.45, 7) is 6.05. The van der Waals surface area contributed by atoms with E-state index in [4.69, 9.17) is 4.74 Å². The molecule has 29 heavy (non-hydrogen) atoms. The molecule has 7 heteroatoms. The fourth-order valence-electron chi connectivity index (χ4n) is 4.88. The number of hydrogen-bond acceptors (Lipinski definition) is 4. The minimum Gasteiger partial charge on any atom is -0.381 e. The molecule has 0 radical (unpaired) electrons. The fourth-order valence-corrected chi connectivity index (χ4v) is 4.88. The molecule has 3 rings (SSSR count). The van der Waals surface area contributed by atoms with E-state index in [-0.39, 0.29) is 18.0 Å². The summed E-state index contributed by atoms with van der Waals surface area (Å²) in [5.74, 6) is 1.32. The molecule has 2 aliphatic heterocycles. The molecule has 1 aliphatic carbocycles. The zero-order chi connectivity index (χ0) is 20.5. The zero-order valence-electron chi connectivity index (χ0n) is 18.5. The van der Waals surface area contributed by atoms with Crippen molar-refractivity contribution in [3.8, 4) is 0 Å². The largest absolute Gasteiger partial charge is 0.381 e. The van der Waals surface area contributed by atoms with E-state index in [2.05, 4.69) is 20.5 Å². The second-order valence-electron chi connectivity index (χ2n) is 9.25. The van der Waals surface area contributed by atoms with Crippen LogP contribution in [-0.2, 0) is 9.53 Å². The highest BCUT2D eigenvalue weighted by molar-refractivity contribution is 5.84. The number of carbonyl (C=O) groups excluding carboxylic acids is 1. The zero-order valence-corrected chi connectivity index (χ0v) is 18.5. The fraction of sp³-hybridized carbons (Fsp3) is 0.909. The van der Waals surface area contributed by atoms with Crippen LogP contribution in [0, 0.1) is 5.92 Å². The van der Waals surface area contributed by atoms with Gasteiger partial charge in [0.1, 0.15) is 6.54 Å². The molecule has 3 fully saturated rings. The van der Waals surface area contributed by atoms with Crippen LogP contribution < -0.4 is 10.6 Å². The van der Waals surface area contributed by atoms with Crippen LogP contribution in [0.25, 0.3) is 0 Å². The van der Waals surface area contributed by atoms with Crippen LogP contribution in [0.4, 0.5) is 0 Å². The van der Waals surface area contributed by atoms with Crippen molar-refractivity contribution in [2.75, 3.05) is 60.0 Å². The number of likely N-dealkylation sites (tertiary alicyclic amines) is 1. The van der Waals surface area contributed by atoms with Crippen LogP contribution in [0.3, 0.4) is 0 Å². The molecular formula is C22H41N5O2. The van der Waals surface area contributed by atoms with E-state index >= 15 is 0 Å². The van der Waals surface area contributed by atoms with Crippen LogP contribution in [0.5, 0.6) is 0 Å². The topological polar surface area (TPSA) is 69.2 Å². The monoisotopic (exact) mass is 407 g/mol. The van der Waals surface area contributed by atoms with Crippen molar-refractivity contribution in [3.63, 3.8) is 0 Å². The van der Waals surface area contributed by atoms with Crippen molar-refractivity contribution in [1.82, 2.24) is 20.4 Å². The standard InChI is InChI=1S/C22H41N5O2/c1-26(2)20(28)16-24-21(23-15-19-9-14-29-17-19)25-18-22(10-5-3-6-11-22)27-12-7-4-8-13-27/h19H,3-18H2,1-2H3,(H2,23,24,25). The van der Waals surface area contributed by atoms with Gasteiger partial charge >= 0.3 is 0 Å². The van der Waals surface area contributed by atoms with Gasteiger partial charge in [-0.2, -0.15) is 0 Å². The number of carbonyl (C=O) groups is 1. The molecule has 1 saturated carbocycles. The number of amides is 1. The van der Waals surface area contributed by atoms with Gasteiger partial charge in [0.05, 0.1) is 6.61 Å². The van der Waals surface area contributed by atoms with Crippen LogP contribution in [0.15, 0.2) is 4.99 Å². The molecular weight excluding hydrogens is 366 g/mol. The predicted octanol–water partition coefficient (Wildman–Crippen LogP) is 1.84. The Balaban J connectivity index is 1.63. The first-order chi connectivity index (χ1) is 14.1. The quantitative estimate of drug-likeness (QED) is 0.498. The third kappa shape index (κ3) is 6.57. The Kier molecular flexibility index (Phi) is 8.60. The van der Waals surface area contributed by atoms with Gasteiger partial charge in [0.2, 0.25) is 5.91 Å². The normalized spacial score (nSPS) is 25.6. The van der Waals surface area contributed by atoms with Crippen molar-refractivity contribution in [3.05, 3.63) is 0 Å². The highest BCUT2D eigenvalue weighted by Crippen LogP contribution is 2.35. The molecule has 2 heterocycles. The Morgan fingerprint density at radius 3 is 2.48 bits per heavy atom. The number of nitrogens with one attached hydrogen (secondary N) is 2. The van der Waals surface area contributed by atoms with E-state index in [9.17, 15) is 4.79 Å². The van der Waals surface area contributed by atoms with Gasteiger partial charge < -0.3 is 20.3 Å². The summed E-state index contributed by atoms with van der Waals surface area (Å²) in [6.07, 6.45) is 11.6. The Bertz CT molecular complexity index is 533. The second kappa shape index (κ2) is 11.2. The summed E-state index contributed by atoms with van der Waals surface area (Å²) >= 11 is 0. The molecule has 7 nitrogen and oxygen atoms in total. The summed E-state index contributed by atoms with van der Waals surface area (Å²) in [5.41, 5.74) is 0.239. The summed E-state index contributed by atoms with van der Waals surface area (Å²) in [6, 6.07) is 0. The van der Waals surface area contributed by atoms with Crippen molar-refractivity contribution in [1.29, 1.82) is 0 Å². The molecule has 1 amide bonds. The Morgan fingerprint density at radius 1 is 1.10 bits per heavy atom. The molecule has 166 valence electrons. The van der Waals surface area contributed by atoms with Gasteiger partial charge in [-0.3, -0.25) is 9.69 Å². The minimum atomic E-state index is 0.0266. The number of piperidine rings is 1. The van der Waals surface area contributed by atoms with Gasteiger partial charge in [0.15, 0.2) is 5.96 Å². The summed E-state index contributed by atoms with van der Waals surface area (Å²) < 4.78 is 5.50. The van der Waals surface area contributed by atoms with Crippen molar-refractivity contribution < 1.29 is 9.53 Å². The van der Waals surface area contributed by atoms with Gasteiger partial charge in [-0.05, 0) is 45.2 Å². The maximum Gasteiger partial charge on any atom is 0.243 e. The number of nitrogens with zero attached hydrogens (tertiary/aromatic N) is 3. The van der Waals surface area contributed by atoms with E-state index < -0.39 is 0 Å². The van der Waals surface area contributed by atoms with E-state index in [0.717, 1.165) is 38.7 Å². The van der Waals surface area contributed by atoms with Gasteiger partial charge in [0, 0.05) is 45.2 Å². The lowest BCUT2D eigenvalue weighted by molar-refractivity contribution is -0.127. The van der Waals surface area contributed by atoms with Crippen molar-refractivity contribution in [2.24, 2.45) is 10.9 Å². The highest BCUT2D eigenvalue weighted by Gasteiger charge is 2.38. The number of ether oxygens (including phenoxy) is 1. The van der Waals surface area contributed by atoms with E-state index in [1.807, 2.05) is 0 Å². The van der Waals surface area contributed by atoms with Crippen LogP contribution >= 0.6 is 0 Å². The van der Waals surface area contributed by atoms with Crippen molar-refractivity contribution in [2.45, 2.75) is 63.3 Å². The second-order valence-corrected chi connectivity index (χ2v) is 9.25. The SMILES string of the molecule is CN(C)C(=O)CN=C(NCC1CCOC1)NCC1(N2CCCCC2)CCCCC1. The van der Waals surface area contributed by atoms with Crippen molar-refractivity contribution >= 4 is 11.9 Å². The molecule has 0 aromatic rings. The van der Waals surface area contributed by atoms with E-state index in [1.54, 1.807) is 19.0 Å². The summed E-state index contributed by atoms with van der Waals surface area (Å²) in [5, 5.41) is 7.12. The van der Waals surface area contributed by atoms with E-state index in [0.29, 0.717) is 5.92 Å².